The monoisotopic (exact) mass is 340 g/mol. The van der Waals surface area contributed by atoms with E-state index in [1.165, 1.54) is 0 Å². The number of hydrogen-bond donors (Lipinski definition) is 1. The molecule has 5 heteroatoms. The Balaban J connectivity index is 1.93. The lowest BCUT2D eigenvalue weighted by atomic mass is 9.87. The summed E-state index contributed by atoms with van der Waals surface area (Å²) >= 11 is 0. The highest BCUT2D eigenvalue weighted by atomic mass is 16.6. The molecule has 1 aromatic carbocycles. The molecule has 2 unspecified atom stereocenters. The lowest BCUT2D eigenvalue weighted by Gasteiger charge is -2.24. The lowest BCUT2D eigenvalue weighted by Crippen LogP contribution is -2.31. The molecule has 0 amide bonds. The normalized spacial score (nSPS) is 18.9. The second-order valence-corrected chi connectivity index (χ2v) is 5.88. The molecule has 0 fully saturated rings. The zero-order valence-corrected chi connectivity index (χ0v) is 14.4. The molecular formula is C20H24N2O3. The summed E-state index contributed by atoms with van der Waals surface area (Å²) in [6.45, 7) is 2.18. The molecule has 0 bridgehead atoms. The van der Waals surface area contributed by atoms with Crippen LogP contribution in [0.15, 0.2) is 78.1 Å². The van der Waals surface area contributed by atoms with E-state index in [0.717, 1.165) is 23.3 Å². The van der Waals surface area contributed by atoms with E-state index in [0.29, 0.717) is 6.61 Å². The number of nitrogens with zero attached hydrogens (tertiary/aromatic N) is 1. The highest BCUT2D eigenvalue weighted by Gasteiger charge is 2.20. The van der Waals surface area contributed by atoms with E-state index in [2.05, 4.69) is 0 Å². The predicted octanol–water partition coefficient (Wildman–Crippen LogP) is 3.77. The molecule has 2 N–H and O–H groups in total. The fraction of sp³-hybridized carbons (Fsp3) is 0.300. The van der Waals surface area contributed by atoms with Crippen LogP contribution in [-0.2, 0) is 11.3 Å². The number of ether oxygens (including phenoxy) is 1. The molecule has 0 saturated heterocycles. The molecule has 0 radical (unpaired) electrons. The average molecular weight is 340 g/mol. The molecule has 2 atom stereocenters. The Kier molecular flexibility index (Phi) is 7.16. The second-order valence-electron chi connectivity index (χ2n) is 5.88. The molecule has 1 aromatic rings. The van der Waals surface area contributed by atoms with E-state index in [9.17, 15) is 10.1 Å². The third kappa shape index (κ3) is 6.04. The molecule has 0 heterocycles. The largest absolute Gasteiger partial charge is 0.489 e. The fourth-order valence-corrected chi connectivity index (χ4v) is 2.67. The molecule has 1 aliphatic rings. The summed E-state index contributed by atoms with van der Waals surface area (Å²) in [4.78, 5) is 10.2. The highest BCUT2D eigenvalue weighted by molar-refractivity contribution is 5.29. The number of nitro groups is 1. The molecule has 132 valence electrons. The summed E-state index contributed by atoms with van der Waals surface area (Å²) in [7, 11) is 0. The van der Waals surface area contributed by atoms with Crippen LogP contribution >= 0.6 is 0 Å². The second kappa shape index (κ2) is 9.59. The quantitative estimate of drug-likeness (QED) is 0.444. The molecule has 1 aliphatic carbocycles. The van der Waals surface area contributed by atoms with Crippen LogP contribution in [0.5, 0.6) is 0 Å². The van der Waals surface area contributed by atoms with Crippen LogP contribution in [0.3, 0.4) is 0 Å². The Morgan fingerprint density at radius 2 is 2.20 bits per heavy atom. The first-order valence-electron chi connectivity index (χ1n) is 8.35. The molecule has 5 nitrogen and oxygen atoms in total. The van der Waals surface area contributed by atoms with Crippen molar-refractivity contribution in [1.29, 1.82) is 0 Å². The summed E-state index contributed by atoms with van der Waals surface area (Å²) in [6.07, 6.45) is 12.0. The van der Waals surface area contributed by atoms with Crippen molar-refractivity contribution in [3.63, 3.8) is 0 Å². The van der Waals surface area contributed by atoms with E-state index >= 15 is 0 Å². The number of nitrogens with two attached hydrogens (primary N) is 1. The SMILES string of the molecule is C/C=C\C(=C/C[N+](=O)[O-])C(N)C1C=CC(OCc2ccccc2)=CC1. The van der Waals surface area contributed by atoms with Gasteiger partial charge in [-0.25, -0.2) is 0 Å². The van der Waals surface area contributed by atoms with Crippen LogP contribution in [0.4, 0.5) is 0 Å². The fourth-order valence-electron chi connectivity index (χ4n) is 2.67. The summed E-state index contributed by atoms with van der Waals surface area (Å²) in [5, 5.41) is 10.6. The van der Waals surface area contributed by atoms with E-state index in [-0.39, 0.29) is 23.4 Å². The van der Waals surface area contributed by atoms with E-state index in [1.807, 2.05) is 67.6 Å². The van der Waals surface area contributed by atoms with Crippen LogP contribution in [0, 0.1) is 16.0 Å². The molecule has 2 rings (SSSR count). The Hall–Kier alpha value is -2.66. The van der Waals surface area contributed by atoms with Crippen LogP contribution in [0.1, 0.15) is 18.9 Å². The van der Waals surface area contributed by atoms with Crippen LogP contribution < -0.4 is 5.73 Å². The zero-order valence-electron chi connectivity index (χ0n) is 14.4. The topological polar surface area (TPSA) is 78.4 Å². The van der Waals surface area contributed by atoms with Gasteiger partial charge in [0.05, 0.1) is 0 Å². The van der Waals surface area contributed by atoms with Crippen molar-refractivity contribution in [3.8, 4) is 0 Å². The highest BCUT2D eigenvalue weighted by Crippen LogP contribution is 2.24. The average Bonchev–Trinajstić information content (AvgIpc) is 2.64. The summed E-state index contributed by atoms with van der Waals surface area (Å²) in [5.41, 5.74) is 8.22. The maximum atomic E-state index is 10.6. The van der Waals surface area contributed by atoms with Crippen LogP contribution in [0.25, 0.3) is 0 Å². The molecule has 25 heavy (non-hydrogen) atoms. The smallest absolute Gasteiger partial charge is 0.222 e. The van der Waals surface area contributed by atoms with Crippen molar-refractivity contribution in [1.82, 2.24) is 0 Å². The van der Waals surface area contributed by atoms with Crippen molar-refractivity contribution in [3.05, 3.63) is 93.8 Å². The first-order valence-corrected chi connectivity index (χ1v) is 8.35. The van der Waals surface area contributed by atoms with Crippen LogP contribution in [0.2, 0.25) is 0 Å². The Morgan fingerprint density at radius 3 is 2.80 bits per heavy atom. The summed E-state index contributed by atoms with van der Waals surface area (Å²) in [6, 6.07) is 9.71. The molecule has 0 aliphatic heterocycles. The first-order chi connectivity index (χ1) is 12.1. The summed E-state index contributed by atoms with van der Waals surface area (Å²) < 4.78 is 5.80. The maximum Gasteiger partial charge on any atom is 0.222 e. The van der Waals surface area contributed by atoms with Gasteiger partial charge >= 0.3 is 0 Å². The van der Waals surface area contributed by atoms with Gasteiger partial charge in [0, 0.05) is 16.9 Å². The molecule has 0 spiro atoms. The van der Waals surface area contributed by atoms with E-state index in [4.69, 9.17) is 10.5 Å². The van der Waals surface area contributed by atoms with Gasteiger partial charge in [0.2, 0.25) is 6.54 Å². The van der Waals surface area contributed by atoms with Crippen LogP contribution in [-0.4, -0.2) is 17.5 Å². The van der Waals surface area contributed by atoms with E-state index < -0.39 is 0 Å². The minimum Gasteiger partial charge on any atom is -0.489 e. The molecular weight excluding hydrogens is 316 g/mol. The van der Waals surface area contributed by atoms with Gasteiger partial charge in [-0.05, 0) is 42.7 Å². The summed E-state index contributed by atoms with van der Waals surface area (Å²) in [5.74, 6) is 0.924. The van der Waals surface area contributed by atoms with Gasteiger partial charge in [0.15, 0.2) is 0 Å². The number of benzene rings is 1. The number of rotatable bonds is 8. The van der Waals surface area contributed by atoms with E-state index in [1.54, 1.807) is 6.08 Å². The number of hydrogen-bond acceptors (Lipinski definition) is 4. The van der Waals surface area contributed by atoms with Gasteiger partial charge < -0.3 is 10.5 Å². The van der Waals surface area contributed by atoms with Gasteiger partial charge in [-0.15, -0.1) is 0 Å². The Labute approximate surface area is 148 Å². The maximum absolute atomic E-state index is 10.6. The standard InChI is InChI=1S/C20H24N2O3/c1-2-6-17(13-14-22(23)24)20(21)18-9-11-19(12-10-18)25-15-16-7-4-3-5-8-16/h2-9,11-13,18,20H,10,14-15,21H2,1H3/b6-2-,17-13+. The third-order valence-electron chi connectivity index (χ3n) is 4.03. The zero-order chi connectivity index (χ0) is 18.1. The van der Waals surface area contributed by atoms with Crippen molar-refractivity contribution < 1.29 is 9.66 Å². The van der Waals surface area contributed by atoms with Crippen molar-refractivity contribution in [2.45, 2.75) is 26.0 Å². The molecule has 0 saturated carbocycles. The molecule has 0 aromatic heterocycles. The predicted molar refractivity (Wildman–Crippen MR) is 99.3 cm³/mol. The minimum atomic E-state index is -0.359. The third-order valence-corrected chi connectivity index (χ3v) is 4.03. The number of allylic oxidation sites excluding steroid dienone is 3. The van der Waals surface area contributed by atoms with Crippen molar-refractivity contribution in [2.75, 3.05) is 6.54 Å². The minimum absolute atomic E-state index is 0.0956. The Bertz CT molecular complexity index is 690. The van der Waals surface area contributed by atoms with Gasteiger partial charge in [-0.2, -0.15) is 0 Å². The van der Waals surface area contributed by atoms with Gasteiger partial charge in [-0.3, -0.25) is 10.1 Å². The van der Waals surface area contributed by atoms with Crippen molar-refractivity contribution in [2.24, 2.45) is 11.7 Å². The van der Waals surface area contributed by atoms with Gasteiger partial charge in [-0.1, -0.05) is 48.6 Å². The first kappa shape index (κ1) is 18.7. The van der Waals surface area contributed by atoms with Gasteiger partial charge in [0.25, 0.3) is 0 Å². The van der Waals surface area contributed by atoms with Crippen molar-refractivity contribution >= 4 is 0 Å². The Morgan fingerprint density at radius 1 is 1.44 bits per heavy atom. The lowest BCUT2D eigenvalue weighted by molar-refractivity contribution is -0.468. The van der Waals surface area contributed by atoms with Gasteiger partial charge in [0.1, 0.15) is 12.4 Å².